The molecule has 0 bridgehead atoms. The summed E-state index contributed by atoms with van der Waals surface area (Å²) < 4.78 is 0. The van der Waals surface area contributed by atoms with E-state index in [0.717, 1.165) is 16.7 Å². The summed E-state index contributed by atoms with van der Waals surface area (Å²) in [7, 11) is 0. The molecule has 1 aliphatic heterocycles. The third kappa shape index (κ3) is 4.06. The largest absolute Gasteiger partial charge is 0.321 e. The zero-order valence-corrected chi connectivity index (χ0v) is 17.8. The van der Waals surface area contributed by atoms with Gasteiger partial charge in [-0.2, -0.15) is 5.26 Å². The van der Waals surface area contributed by atoms with Gasteiger partial charge in [0, 0.05) is 11.4 Å². The van der Waals surface area contributed by atoms with Crippen LogP contribution in [0.2, 0.25) is 0 Å². The number of amides is 2. The van der Waals surface area contributed by atoms with Crippen molar-refractivity contribution in [3.8, 4) is 6.07 Å². The van der Waals surface area contributed by atoms with Crippen molar-refractivity contribution in [3.63, 3.8) is 0 Å². The lowest BCUT2D eigenvalue weighted by molar-refractivity contribution is -0.117. The number of para-hydroxylation sites is 1. The monoisotopic (exact) mass is 405 g/mol. The highest BCUT2D eigenvalue weighted by molar-refractivity contribution is 8.05. The first-order valence-electron chi connectivity index (χ1n) is 9.46. The van der Waals surface area contributed by atoms with E-state index < -0.39 is 5.91 Å². The zero-order valence-electron chi connectivity index (χ0n) is 16.9. The van der Waals surface area contributed by atoms with E-state index >= 15 is 0 Å². The van der Waals surface area contributed by atoms with Gasteiger partial charge in [-0.15, -0.1) is 0 Å². The summed E-state index contributed by atoms with van der Waals surface area (Å²) in [6.07, 6.45) is 0.618. The Morgan fingerprint density at radius 3 is 2.48 bits per heavy atom. The minimum absolute atomic E-state index is 0.0548. The third-order valence-electron chi connectivity index (χ3n) is 5.02. The van der Waals surface area contributed by atoms with Crippen LogP contribution >= 0.6 is 11.8 Å². The summed E-state index contributed by atoms with van der Waals surface area (Å²) >= 11 is 1.28. The Hall–Kier alpha value is -3.04. The summed E-state index contributed by atoms with van der Waals surface area (Å²) in [5.74, 6) is -0.616. The zero-order chi connectivity index (χ0) is 21.1. The average molecular weight is 406 g/mol. The van der Waals surface area contributed by atoms with Gasteiger partial charge in [0.1, 0.15) is 16.7 Å². The molecule has 0 spiro atoms. The number of aryl methyl sites for hydroxylation is 3. The van der Waals surface area contributed by atoms with Gasteiger partial charge in [-0.05, 0) is 62.1 Å². The molecule has 29 heavy (non-hydrogen) atoms. The van der Waals surface area contributed by atoms with E-state index in [1.165, 1.54) is 16.7 Å². The molecule has 0 aromatic heterocycles. The Labute approximate surface area is 175 Å². The van der Waals surface area contributed by atoms with Gasteiger partial charge >= 0.3 is 0 Å². The summed E-state index contributed by atoms with van der Waals surface area (Å²) in [4.78, 5) is 27.5. The van der Waals surface area contributed by atoms with Gasteiger partial charge in [-0.3, -0.25) is 14.5 Å². The van der Waals surface area contributed by atoms with Crippen LogP contribution in [-0.4, -0.2) is 17.1 Å². The molecule has 3 rings (SSSR count). The van der Waals surface area contributed by atoms with Crippen molar-refractivity contribution in [1.82, 2.24) is 0 Å². The van der Waals surface area contributed by atoms with Crippen molar-refractivity contribution in [2.45, 2.75) is 39.4 Å². The van der Waals surface area contributed by atoms with E-state index in [0.29, 0.717) is 22.8 Å². The Balaban J connectivity index is 2.06. The summed E-state index contributed by atoms with van der Waals surface area (Å²) in [6.45, 7) is 7.79. The quantitative estimate of drug-likeness (QED) is 0.583. The minimum atomic E-state index is -0.511. The van der Waals surface area contributed by atoms with Crippen LogP contribution in [0.25, 0.3) is 0 Å². The van der Waals surface area contributed by atoms with E-state index in [1.807, 2.05) is 70.2 Å². The molecule has 2 amide bonds. The second-order valence-electron chi connectivity index (χ2n) is 7.02. The Kier molecular flexibility index (Phi) is 6.09. The van der Waals surface area contributed by atoms with Gasteiger partial charge in [0.25, 0.3) is 5.91 Å². The Bertz CT molecular complexity index is 1050. The van der Waals surface area contributed by atoms with Crippen LogP contribution < -0.4 is 10.2 Å². The molecule has 1 heterocycles. The molecule has 2 aromatic rings. The van der Waals surface area contributed by atoms with Crippen LogP contribution in [0.1, 0.15) is 30.0 Å². The topological polar surface area (TPSA) is 73.2 Å². The van der Waals surface area contributed by atoms with Crippen molar-refractivity contribution >= 4 is 35.0 Å². The molecule has 0 radical (unpaired) electrons. The molecule has 1 aliphatic rings. The molecule has 6 heteroatoms. The van der Waals surface area contributed by atoms with Gasteiger partial charge in [-0.1, -0.05) is 43.0 Å². The second kappa shape index (κ2) is 8.54. The summed E-state index contributed by atoms with van der Waals surface area (Å²) in [6, 6.07) is 15.1. The molecule has 1 N–H and O–H groups in total. The number of nitriles is 1. The van der Waals surface area contributed by atoms with Crippen LogP contribution in [0.5, 0.6) is 0 Å². The van der Waals surface area contributed by atoms with Crippen molar-refractivity contribution in [2.24, 2.45) is 0 Å². The highest BCUT2D eigenvalue weighted by Crippen LogP contribution is 2.42. The number of benzene rings is 2. The van der Waals surface area contributed by atoms with Crippen LogP contribution in [0, 0.1) is 32.1 Å². The molecule has 1 saturated heterocycles. The fourth-order valence-corrected chi connectivity index (χ4v) is 4.31. The molecule has 2 aromatic carbocycles. The van der Waals surface area contributed by atoms with Crippen LogP contribution in [-0.2, 0) is 9.59 Å². The molecular formula is C23H23N3O2S. The number of nitrogens with zero attached hydrogens (tertiary/aromatic N) is 2. The number of carbonyl (C=O) groups is 2. The van der Waals surface area contributed by atoms with E-state index in [2.05, 4.69) is 5.32 Å². The van der Waals surface area contributed by atoms with Crippen LogP contribution in [0.15, 0.2) is 53.1 Å². The van der Waals surface area contributed by atoms with Crippen LogP contribution in [0.3, 0.4) is 0 Å². The number of thioether (sulfide) groups is 1. The molecule has 1 atom stereocenters. The SMILES string of the molecule is CCC1S/C(=C(/C#N)C(=O)Nc2ccccc2C)N(c2ccc(C)c(C)c2)C1=O. The first-order valence-corrected chi connectivity index (χ1v) is 10.3. The Morgan fingerprint density at radius 2 is 1.86 bits per heavy atom. The van der Waals surface area contributed by atoms with Gasteiger partial charge < -0.3 is 5.32 Å². The maximum atomic E-state index is 13.0. The van der Waals surface area contributed by atoms with Crippen molar-refractivity contribution in [2.75, 3.05) is 10.2 Å². The lowest BCUT2D eigenvalue weighted by Crippen LogP contribution is -2.30. The predicted octanol–water partition coefficient (Wildman–Crippen LogP) is 4.84. The third-order valence-corrected chi connectivity index (χ3v) is 6.45. The van der Waals surface area contributed by atoms with Crippen molar-refractivity contribution in [1.29, 1.82) is 5.26 Å². The predicted molar refractivity (Wildman–Crippen MR) is 118 cm³/mol. The number of anilines is 2. The summed E-state index contributed by atoms with van der Waals surface area (Å²) in [5.41, 5.74) is 4.32. The smallest absolute Gasteiger partial charge is 0.269 e. The van der Waals surface area contributed by atoms with E-state index in [9.17, 15) is 14.9 Å². The highest BCUT2D eigenvalue weighted by Gasteiger charge is 2.40. The molecule has 148 valence electrons. The number of nitrogens with one attached hydrogen (secondary N) is 1. The lowest BCUT2D eigenvalue weighted by atomic mass is 10.1. The molecule has 0 aliphatic carbocycles. The number of hydrogen-bond acceptors (Lipinski definition) is 4. The Morgan fingerprint density at radius 1 is 1.14 bits per heavy atom. The standard InChI is InChI=1S/C23H23N3O2S/c1-5-20-22(28)26(17-11-10-14(2)16(4)12-17)23(29-20)18(13-24)21(27)25-19-9-7-6-8-15(19)3/h6-12,20H,5H2,1-4H3,(H,25,27)/b23-18-. The molecule has 5 nitrogen and oxygen atoms in total. The van der Waals surface area contributed by atoms with Crippen molar-refractivity contribution < 1.29 is 9.59 Å². The van der Waals surface area contributed by atoms with E-state index in [-0.39, 0.29) is 16.7 Å². The lowest BCUT2D eigenvalue weighted by Gasteiger charge is -2.20. The highest BCUT2D eigenvalue weighted by atomic mass is 32.2. The number of rotatable bonds is 4. The first-order chi connectivity index (χ1) is 13.9. The molecule has 0 saturated carbocycles. The van der Waals surface area contributed by atoms with E-state index in [1.54, 1.807) is 6.07 Å². The molecule has 1 unspecified atom stereocenters. The summed E-state index contributed by atoms with van der Waals surface area (Å²) in [5, 5.41) is 12.7. The molecular weight excluding hydrogens is 382 g/mol. The second-order valence-corrected chi connectivity index (χ2v) is 8.21. The number of hydrogen-bond donors (Lipinski definition) is 1. The maximum absolute atomic E-state index is 13.0. The fourth-order valence-electron chi connectivity index (χ4n) is 3.11. The maximum Gasteiger partial charge on any atom is 0.269 e. The van der Waals surface area contributed by atoms with Gasteiger partial charge in [0.15, 0.2) is 0 Å². The first kappa shape index (κ1) is 20.7. The normalized spacial score (nSPS) is 17.8. The number of carbonyl (C=O) groups excluding carboxylic acids is 2. The van der Waals surface area contributed by atoms with E-state index in [4.69, 9.17) is 0 Å². The van der Waals surface area contributed by atoms with Gasteiger partial charge in [0.05, 0.1) is 5.25 Å². The fraction of sp³-hybridized carbons (Fsp3) is 0.261. The van der Waals surface area contributed by atoms with Gasteiger partial charge in [-0.25, -0.2) is 0 Å². The average Bonchev–Trinajstić information content (AvgIpc) is 3.02. The van der Waals surface area contributed by atoms with Crippen LogP contribution in [0.4, 0.5) is 11.4 Å². The molecule has 1 fully saturated rings. The van der Waals surface area contributed by atoms with Crippen molar-refractivity contribution in [3.05, 3.63) is 69.8 Å². The van der Waals surface area contributed by atoms with Gasteiger partial charge in [0.2, 0.25) is 5.91 Å². The minimum Gasteiger partial charge on any atom is -0.321 e.